The van der Waals surface area contributed by atoms with Crippen LogP contribution in [0.5, 0.6) is 0 Å². The van der Waals surface area contributed by atoms with E-state index in [2.05, 4.69) is 10.3 Å². The molecule has 4 heterocycles. The fraction of sp³-hybridized carbons (Fsp3) is 0.500. The molecular formula is C20H25N3O3. The maximum absolute atomic E-state index is 12.7. The van der Waals surface area contributed by atoms with Crippen LogP contribution < -0.4 is 5.32 Å². The van der Waals surface area contributed by atoms with Gasteiger partial charge in [0.2, 0.25) is 0 Å². The first kappa shape index (κ1) is 17.1. The van der Waals surface area contributed by atoms with E-state index in [4.69, 9.17) is 9.15 Å². The normalized spacial score (nSPS) is 21.0. The van der Waals surface area contributed by atoms with Crippen LogP contribution in [0, 0.1) is 19.8 Å². The van der Waals surface area contributed by atoms with E-state index in [0.29, 0.717) is 30.3 Å². The predicted octanol–water partition coefficient (Wildman–Crippen LogP) is 3.02. The maximum Gasteiger partial charge on any atom is 0.257 e. The zero-order chi connectivity index (χ0) is 18.1. The van der Waals surface area contributed by atoms with Crippen molar-refractivity contribution in [1.29, 1.82) is 0 Å². The Balaban J connectivity index is 1.33. The number of furan rings is 1. The summed E-state index contributed by atoms with van der Waals surface area (Å²) in [5, 5.41) is 3.37. The average molecular weight is 355 g/mol. The number of pyridine rings is 1. The molecule has 0 aromatic carbocycles. The van der Waals surface area contributed by atoms with Crippen LogP contribution >= 0.6 is 0 Å². The zero-order valence-electron chi connectivity index (χ0n) is 15.3. The second kappa shape index (κ2) is 6.76. The van der Waals surface area contributed by atoms with E-state index in [1.54, 1.807) is 6.20 Å². The zero-order valence-corrected chi connectivity index (χ0v) is 15.3. The molecule has 6 nitrogen and oxygen atoms in total. The number of carbonyl (C=O) groups is 1. The lowest BCUT2D eigenvalue weighted by Crippen LogP contribution is -2.66. The number of amides is 1. The minimum absolute atomic E-state index is 0.0471. The summed E-state index contributed by atoms with van der Waals surface area (Å²) in [5.74, 6) is 2.88. The molecule has 0 bridgehead atoms. The molecule has 2 aliphatic rings. The standard InChI is InChI=1S/C20H25N3O3/c1-14-11-17(15(2)26-14)19(24)23-12-20(13-23)16(7-10-25-20)6-9-22-18-5-3-4-8-21-18/h3-5,8,11,16H,6-7,9-10,12-13H2,1-2H3,(H,21,22)/t16-/m1/s1. The molecule has 0 aliphatic carbocycles. The van der Waals surface area contributed by atoms with Crippen molar-refractivity contribution in [1.82, 2.24) is 9.88 Å². The first-order chi connectivity index (χ1) is 12.6. The summed E-state index contributed by atoms with van der Waals surface area (Å²) in [6, 6.07) is 7.69. The maximum atomic E-state index is 12.7. The summed E-state index contributed by atoms with van der Waals surface area (Å²) < 4.78 is 11.6. The Kier molecular flexibility index (Phi) is 4.44. The van der Waals surface area contributed by atoms with Gasteiger partial charge in [0.1, 0.15) is 22.9 Å². The molecule has 2 fully saturated rings. The number of nitrogens with zero attached hydrogens (tertiary/aromatic N) is 2. The summed E-state index contributed by atoms with van der Waals surface area (Å²) >= 11 is 0. The number of rotatable bonds is 5. The van der Waals surface area contributed by atoms with Gasteiger partial charge in [0.05, 0.1) is 18.7 Å². The summed E-state index contributed by atoms with van der Waals surface area (Å²) in [4.78, 5) is 18.9. The highest BCUT2D eigenvalue weighted by atomic mass is 16.5. The van der Waals surface area contributed by atoms with Crippen LogP contribution in [0.1, 0.15) is 34.7 Å². The van der Waals surface area contributed by atoms with Crippen LogP contribution in [-0.4, -0.2) is 47.6 Å². The largest absolute Gasteiger partial charge is 0.466 e. The van der Waals surface area contributed by atoms with E-state index in [-0.39, 0.29) is 11.5 Å². The number of nitrogens with one attached hydrogen (secondary N) is 1. The third-order valence-electron chi connectivity index (χ3n) is 5.54. The molecule has 1 atom stereocenters. The fourth-order valence-electron chi connectivity index (χ4n) is 4.14. The summed E-state index contributed by atoms with van der Waals surface area (Å²) in [5.41, 5.74) is 0.498. The van der Waals surface area contributed by atoms with Gasteiger partial charge in [0.15, 0.2) is 0 Å². The van der Waals surface area contributed by atoms with Gasteiger partial charge in [-0.05, 0) is 50.8 Å². The van der Waals surface area contributed by atoms with E-state index in [1.807, 2.05) is 43.0 Å². The van der Waals surface area contributed by atoms with E-state index in [9.17, 15) is 4.79 Å². The minimum Gasteiger partial charge on any atom is -0.466 e. The predicted molar refractivity (Wildman–Crippen MR) is 98.2 cm³/mol. The van der Waals surface area contributed by atoms with Crippen molar-refractivity contribution in [2.45, 2.75) is 32.3 Å². The van der Waals surface area contributed by atoms with Crippen LogP contribution in [-0.2, 0) is 4.74 Å². The molecule has 2 aliphatic heterocycles. The number of carbonyl (C=O) groups excluding carboxylic acids is 1. The van der Waals surface area contributed by atoms with Crippen molar-refractivity contribution in [2.24, 2.45) is 5.92 Å². The fourth-order valence-corrected chi connectivity index (χ4v) is 4.14. The van der Waals surface area contributed by atoms with E-state index >= 15 is 0 Å². The Morgan fingerprint density at radius 3 is 2.92 bits per heavy atom. The molecule has 2 saturated heterocycles. The van der Waals surface area contributed by atoms with Gasteiger partial charge in [-0.2, -0.15) is 0 Å². The van der Waals surface area contributed by atoms with E-state index in [0.717, 1.165) is 37.6 Å². The van der Waals surface area contributed by atoms with Gasteiger partial charge in [0, 0.05) is 19.3 Å². The molecule has 0 saturated carbocycles. The highest BCUT2D eigenvalue weighted by Gasteiger charge is 2.54. The molecule has 26 heavy (non-hydrogen) atoms. The Hall–Kier alpha value is -2.34. The quantitative estimate of drug-likeness (QED) is 0.893. The molecular weight excluding hydrogens is 330 g/mol. The molecule has 2 aromatic heterocycles. The number of aromatic nitrogens is 1. The van der Waals surface area contributed by atoms with Crippen LogP contribution in [0.3, 0.4) is 0 Å². The summed E-state index contributed by atoms with van der Waals surface area (Å²) in [7, 11) is 0. The van der Waals surface area contributed by atoms with Crippen molar-refractivity contribution in [3.8, 4) is 0 Å². The van der Waals surface area contributed by atoms with Gasteiger partial charge in [-0.1, -0.05) is 6.07 Å². The molecule has 0 radical (unpaired) electrons. The average Bonchev–Trinajstić information content (AvgIpc) is 3.17. The Morgan fingerprint density at radius 2 is 2.23 bits per heavy atom. The van der Waals surface area contributed by atoms with Gasteiger partial charge in [-0.3, -0.25) is 4.79 Å². The highest BCUT2D eigenvalue weighted by molar-refractivity contribution is 5.96. The smallest absolute Gasteiger partial charge is 0.257 e. The van der Waals surface area contributed by atoms with Gasteiger partial charge < -0.3 is 19.4 Å². The van der Waals surface area contributed by atoms with E-state index in [1.165, 1.54) is 0 Å². The topological polar surface area (TPSA) is 67.6 Å². The monoisotopic (exact) mass is 355 g/mol. The molecule has 138 valence electrons. The van der Waals surface area contributed by atoms with Crippen LogP contribution in [0.2, 0.25) is 0 Å². The minimum atomic E-state index is -0.172. The second-order valence-corrected chi connectivity index (χ2v) is 7.32. The third-order valence-corrected chi connectivity index (χ3v) is 5.54. The van der Waals surface area contributed by atoms with Crippen LogP contribution in [0.15, 0.2) is 34.9 Å². The molecule has 6 heteroatoms. The molecule has 0 unspecified atom stereocenters. The number of likely N-dealkylation sites (tertiary alicyclic amines) is 1. The Labute approximate surface area is 153 Å². The molecule has 1 amide bonds. The van der Waals surface area contributed by atoms with Crippen molar-refractivity contribution in [2.75, 3.05) is 31.6 Å². The van der Waals surface area contributed by atoms with Crippen LogP contribution in [0.4, 0.5) is 5.82 Å². The Bertz CT molecular complexity index is 781. The van der Waals surface area contributed by atoms with Crippen molar-refractivity contribution < 1.29 is 13.9 Å². The number of ether oxygens (including phenoxy) is 1. The Morgan fingerprint density at radius 1 is 1.38 bits per heavy atom. The third kappa shape index (κ3) is 3.09. The lowest BCUT2D eigenvalue weighted by atomic mass is 9.78. The van der Waals surface area contributed by atoms with Gasteiger partial charge in [-0.25, -0.2) is 4.98 Å². The lowest BCUT2D eigenvalue weighted by Gasteiger charge is -2.50. The number of hydrogen-bond acceptors (Lipinski definition) is 5. The van der Waals surface area contributed by atoms with Gasteiger partial charge in [0.25, 0.3) is 5.91 Å². The highest BCUT2D eigenvalue weighted by Crippen LogP contribution is 2.42. The first-order valence-electron chi connectivity index (χ1n) is 9.22. The lowest BCUT2D eigenvalue weighted by molar-refractivity contribution is -0.117. The molecule has 2 aromatic rings. The van der Waals surface area contributed by atoms with Gasteiger partial charge in [-0.15, -0.1) is 0 Å². The molecule has 4 rings (SSSR count). The van der Waals surface area contributed by atoms with Crippen molar-refractivity contribution >= 4 is 11.7 Å². The number of hydrogen-bond donors (Lipinski definition) is 1. The molecule has 1 N–H and O–H groups in total. The number of anilines is 1. The van der Waals surface area contributed by atoms with Crippen molar-refractivity contribution in [3.05, 3.63) is 47.5 Å². The summed E-state index contributed by atoms with van der Waals surface area (Å²) in [6.07, 6.45) is 3.86. The van der Waals surface area contributed by atoms with Crippen LogP contribution in [0.25, 0.3) is 0 Å². The van der Waals surface area contributed by atoms with Crippen molar-refractivity contribution in [3.63, 3.8) is 0 Å². The second-order valence-electron chi connectivity index (χ2n) is 7.32. The SMILES string of the molecule is Cc1cc(C(=O)N2CC3(C2)OCC[C@H]3CCNc2ccccn2)c(C)o1. The molecule has 1 spiro atoms. The van der Waals surface area contributed by atoms with E-state index < -0.39 is 0 Å². The van der Waals surface area contributed by atoms with Gasteiger partial charge >= 0.3 is 0 Å². The first-order valence-corrected chi connectivity index (χ1v) is 9.22. The number of aryl methyl sites for hydroxylation is 2. The summed E-state index contributed by atoms with van der Waals surface area (Å²) in [6.45, 7) is 6.69.